The summed E-state index contributed by atoms with van der Waals surface area (Å²) in [5.41, 5.74) is 0. The highest BCUT2D eigenvalue weighted by Gasteiger charge is 2.27. The Bertz CT molecular complexity index is 125. The number of rotatable bonds is 1. The molecule has 0 aliphatic carbocycles. The molecule has 0 spiro atoms. The molecular weight excluding hydrogens is 122 g/mol. The second-order valence-corrected chi connectivity index (χ2v) is 2.19. The highest BCUT2D eigenvalue weighted by Crippen LogP contribution is 2.11. The molecule has 1 saturated heterocycles. The van der Waals surface area contributed by atoms with E-state index in [0.29, 0.717) is 13.0 Å². The van der Waals surface area contributed by atoms with Gasteiger partial charge in [0.05, 0.1) is 5.92 Å². The molecule has 3 N–H and O–H groups in total. The van der Waals surface area contributed by atoms with Gasteiger partial charge < -0.3 is 10.2 Å². The molecule has 1 rings (SSSR count). The molecule has 0 amide bonds. The second kappa shape index (κ2) is 2.33. The molecule has 9 heavy (non-hydrogen) atoms. The van der Waals surface area contributed by atoms with Crippen LogP contribution < -0.4 is 5.32 Å². The van der Waals surface area contributed by atoms with E-state index >= 15 is 0 Å². The van der Waals surface area contributed by atoms with E-state index in [0.717, 1.165) is 0 Å². The van der Waals surface area contributed by atoms with Crippen molar-refractivity contribution in [1.29, 1.82) is 0 Å². The van der Waals surface area contributed by atoms with E-state index in [1.54, 1.807) is 0 Å². The van der Waals surface area contributed by atoms with Crippen molar-refractivity contribution in [1.82, 2.24) is 5.32 Å². The van der Waals surface area contributed by atoms with Crippen LogP contribution in [-0.4, -0.2) is 29.0 Å². The summed E-state index contributed by atoms with van der Waals surface area (Å²) < 4.78 is 0. The average Bonchev–Trinajstić information content (AvgIpc) is 2.14. The van der Waals surface area contributed by atoms with Gasteiger partial charge in [-0.05, 0) is 0 Å². The number of carboxylic acids is 1. The number of aliphatic hydroxyl groups excluding tert-OH is 1. The second-order valence-electron chi connectivity index (χ2n) is 2.19. The Morgan fingerprint density at radius 3 is 2.56 bits per heavy atom. The number of nitrogens with one attached hydrogen (secondary N) is 1. The van der Waals surface area contributed by atoms with Gasteiger partial charge in [0.1, 0.15) is 6.23 Å². The van der Waals surface area contributed by atoms with E-state index in [9.17, 15) is 4.79 Å². The lowest BCUT2D eigenvalue weighted by molar-refractivity contribution is -0.141. The van der Waals surface area contributed by atoms with Gasteiger partial charge in [0, 0.05) is 13.0 Å². The zero-order valence-electron chi connectivity index (χ0n) is 4.87. The van der Waals surface area contributed by atoms with Gasteiger partial charge in [-0.25, -0.2) is 0 Å². The third-order valence-corrected chi connectivity index (χ3v) is 1.46. The lowest BCUT2D eigenvalue weighted by atomic mass is 10.1. The third-order valence-electron chi connectivity index (χ3n) is 1.46. The monoisotopic (exact) mass is 131 g/mol. The lowest BCUT2D eigenvalue weighted by Gasteiger charge is -1.97. The van der Waals surface area contributed by atoms with Crippen molar-refractivity contribution in [3.8, 4) is 0 Å². The SMILES string of the molecule is O=C(O)C1CN[C@@H](O)C1. The fraction of sp³-hybridized carbons (Fsp3) is 0.800. The summed E-state index contributed by atoms with van der Waals surface area (Å²) in [7, 11) is 0. The molecule has 4 nitrogen and oxygen atoms in total. The molecule has 1 fully saturated rings. The van der Waals surface area contributed by atoms with Crippen molar-refractivity contribution >= 4 is 5.97 Å². The van der Waals surface area contributed by atoms with Crippen LogP contribution in [0, 0.1) is 5.92 Å². The van der Waals surface area contributed by atoms with Crippen LogP contribution in [0.2, 0.25) is 0 Å². The van der Waals surface area contributed by atoms with Crippen LogP contribution in [0.15, 0.2) is 0 Å². The highest BCUT2D eigenvalue weighted by atomic mass is 16.4. The summed E-state index contributed by atoms with van der Waals surface area (Å²) in [4.78, 5) is 10.2. The van der Waals surface area contributed by atoms with Gasteiger partial charge in [-0.3, -0.25) is 10.1 Å². The maximum absolute atomic E-state index is 10.2. The van der Waals surface area contributed by atoms with E-state index in [2.05, 4.69) is 5.32 Å². The molecule has 1 aliphatic rings. The molecule has 2 atom stereocenters. The van der Waals surface area contributed by atoms with E-state index in [1.165, 1.54) is 0 Å². The smallest absolute Gasteiger partial charge is 0.307 e. The number of hydrogen-bond acceptors (Lipinski definition) is 3. The Labute approximate surface area is 52.5 Å². The highest BCUT2D eigenvalue weighted by molar-refractivity contribution is 5.70. The van der Waals surface area contributed by atoms with Crippen LogP contribution in [-0.2, 0) is 4.79 Å². The number of aliphatic carboxylic acids is 1. The summed E-state index contributed by atoms with van der Waals surface area (Å²) in [6.07, 6.45) is -0.291. The van der Waals surface area contributed by atoms with Gasteiger partial charge in [-0.15, -0.1) is 0 Å². The van der Waals surface area contributed by atoms with Crippen molar-refractivity contribution in [2.75, 3.05) is 6.54 Å². The lowest BCUT2D eigenvalue weighted by Crippen LogP contribution is -2.20. The van der Waals surface area contributed by atoms with Gasteiger partial charge in [-0.2, -0.15) is 0 Å². The van der Waals surface area contributed by atoms with Crippen LogP contribution >= 0.6 is 0 Å². The summed E-state index contributed by atoms with van der Waals surface area (Å²) in [5.74, 6) is -1.24. The maximum Gasteiger partial charge on any atom is 0.307 e. The van der Waals surface area contributed by atoms with Crippen molar-refractivity contribution in [3.05, 3.63) is 0 Å². The van der Waals surface area contributed by atoms with Gasteiger partial charge in [0.25, 0.3) is 0 Å². The minimum absolute atomic E-state index is 0.329. The number of carbonyl (C=O) groups is 1. The topological polar surface area (TPSA) is 69.6 Å². The Morgan fingerprint density at radius 1 is 1.67 bits per heavy atom. The predicted molar refractivity (Wildman–Crippen MR) is 29.8 cm³/mol. The molecular formula is C5H9NO3. The summed E-state index contributed by atoms with van der Waals surface area (Å²) >= 11 is 0. The van der Waals surface area contributed by atoms with Crippen LogP contribution in [0.3, 0.4) is 0 Å². The zero-order valence-corrected chi connectivity index (χ0v) is 4.87. The molecule has 0 bridgehead atoms. The molecule has 4 heteroatoms. The van der Waals surface area contributed by atoms with Crippen LogP contribution in [0.5, 0.6) is 0 Å². The third kappa shape index (κ3) is 1.40. The standard InChI is InChI=1S/C5H9NO3/c7-4-1-3(2-6-4)5(8)9/h3-4,6-7H,1-2H2,(H,8,9)/t3?,4-/m0/s1. The molecule has 0 radical (unpaired) electrons. The quantitative estimate of drug-likeness (QED) is 0.427. The molecule has 1 unspecified atom stereocenters. The van der Waals surface area contributed by atoms with Crippen LogP contribution in [0.4, 0.5) is 0 Å². The van der Waals surface area contributed by atoms with Crippen LogP contribution in [0.1, 0.15) is 6.42 Å². The van der Waals surface area contributed by atoms with E-state index in [1.807, 2.05) is 0 Å². The Morgan fingerprint density at radius 2 is 2.33 bits per heavy atom. The first-order valence-electron chi connectivity index (χ1n) is 2.84. The number of aliphatic hydroxyl groups is 1. The Balaban J connectivity index is 2.39. The fourth-order valence-corrected chi connectivity index (χ4v) is 0.903. The van der Waals surface area contributed by atoms with E-state index < -0.39 is 18.1 Å². The molecule has 0 aromatic heterocycles. The first kappa shape index (κ1) is 6.51. The van der Waals surface area contributed by atoms with E-state index in [-0.39, 0.29) is 0 Å². The minimum atomic E-state index is -0.834. The number of carboxylic acid groups (broad SMARTS) is 1. The molecule has 0 aromatic rings. The first-order valence-corrected chi connectivity index (χ1v) is 2.84. The Hall–Kier alpha value is -0.610. The maximum atomic E-state index is 10.2. The van der Waals surface area contributed by atoms with Gasteiger partial charge in [-0.1, -0.05) is 0 Å². The van der Waals surface area contributed by atoms with Crippen molar-refractivity contribution in [2.24, 2.45) is 5.92 Å². The molecule has 1 aliphatic heterocycles. The molecule has 0 aromatic carbocycles. The normalized spacial score (nSPS) is 34.8. The minimum Gasteiger partial charge on any atom is -0.481 e. The summed E-state index contributed by atoms with van der Waals surface area (Å²) in [6.45, 7) is 0.385. The zero-order chi connectivity index (χ0) is 6.85. The van der Waals surface area contributed by atoms with E-state index in [4.69, 9.17) is 10.2 Å². The predicted octanol–water partition coefficient (Wildman–Crippen LogP) is -1.00. The molecule has 1 heterocycles. The van der Waals surface area contributed by atoms with Crippen molar-refractivity contribution in [3.63, 3.8) is 0 Å². The van der Waals surface area contributed by atoms with Crippen molar-refractivity contribution < 1.29 is 15.0 Å². The van der Waals surface area contributed by atoms with Crippen molar-refractivity contribution in [2.45, 2.75) is 12.6 Å². The van der Waals surface area contributed by atoms with Gasteiger partial charge in [0.15, 0.2) is 0 Å². The molecule has 0 saturated carbocycles. The number of hydrogen-bond donors (Lipinski definition) is 3. The average molecular weight is 131 g/mol. The first-order chi connectivity index (χ1) is 4.20. The summed E-state index contributed by atoms with van der Waals surface area (Å²) in [5, 5.41) is 19.8. The fourth-order valence-electron chi connectivity index (χ4n) is 0.903. The van der Waals surface area contributed by atoms with Crippen LogP contribution in [0.25, 0.3) is 0 Å². The summed E-state index contributed by atoms with van der Waals surface area (Å²) in [6, 6.07) is 0. The van der Waals surface area contributed by atoms with Gasteiger partial charge >= 0.3 is 5.97 Å². The largest absolute Gasteiger partial charge is 0.481 e. The molecule has 52 valence electrons. The van der Waals surface area contributed by atoms with Gasteiger partial charge in [0.2, 0.25) is 0 Å². The Kier molecular flexibility index (Phi) is 1.68.